The Labute approximate surface area is 53.4 Å². The van der Waals surface area contributed by atoms with Crippen LogP contribution in [0.4, 0.5) is 0 Å². The van der Waals surface area contributed by atoms with Gasteiger partial charge in [0.15, 0.2) is 0 Å². The van der Waals surface area contributed by atoms with Crippen LogP contribution in [0.3, 0.4) is 0 Å². The van der Waals surface area contributed by atoms with Crippen LogP contribution in [0.1, 0.15) is 0 Å². The molecular formula is C5H10N2O2. The minimum absolute atomic E-state index is 0.145. The Balaban J connectivity index is 2.49. The Morgan fingerprint density at radius 1 is 1.78 bits per heavy atom. The maximum absolute atomic E-state index is 10.8. The molecule has 1 aliphatic rings. The van der Waals surface area contributed by atoms with Gasteiger partial charge in [0, 0.05) is 7.05 Å². The van der Waals surface area contributed by atoms with Gasteiger partial charge in [0.05, 0.1) is 13.2 Å². The lowest BCUT2D eigenvalue weighted by molar-refractivity contribution is -0.142. The summed E-state index contributed by atoms with van der Waals surface area (Å²) in [5.41, 5.74) is 4.78. The van der Waals surface area contributed by atoms with Gasteiger partial charge in [-0.25, -0.2) is 0 Å². The molecule has 0 unspecified atom stereocenters. The summed E-state index contributed by atoms with van der Waals surface area (Å²) in [7, 11) is 1.56. The van der Waals surface area contributed by atoms with Crippen molar-refractivity contribution in [1.82, 2.24) is 5.32 Å². The summed E-state index contributed by atoms with van der Waals surface area (Å²) in [5, 5.41) is 2.46. The molecule has 0 bridgehead atoms. The van der Waals surface area contributed by atoms with Gasteiger partial charge in [-0.3, -0.25) is 4.79 Å². The van der Waals surface area contributed by atoms with Gasteiger partial charge < -0.3 is 15.8 Å². The largest absolute Gasteiger partial charge is 0.376 e. The average Bonchev–Trinajstić information content (AvgIpc) is 1.81. The van der Waals surface area contributed by atoms with Gasteiger partial charge in [0.2, 0.25) is 5.91 Å². The highest BCUT2D eigenvalue weighted by Gasteiger charge is 2.41. The monoisotopic (exact) mass is 130 g/mol. The van der Waals surface area contributed by atoms with Gasteiger partial charge >= 0.3 is 0 Å². The molecule has 1 aliphatic heterocycles. The standard InChI is InChI=1S/C5H10N2O2/c1-7-4(8)5(6)2-9-3-5/h2-3,6H2,1H3,(H,7,8). The van der Waals surface area contributed by atoms with E-state index >= 15 is 0 Å². The van der Waals surface area contributed by atoms with Crippen LogP contribution in [0.15, 0.2) is 0 Å². The van der Waals surface area contributed by atoms with Crippen molar-refractivity contribution in [3.05, 3.63) is 0 Å². The number of nitrogens with one attached hydrogen (secondary N) is 1. The summed E-state index contributed by atoms with van der Waals surface area (Å²) < 4.78 is 4.78. The summed E-state index contributed by atoms with van der Waals surface area (Å²) >= 11 is 0. The predicted octanol–water partition coefficient (Wildman–Crippen LogP) is -1.54. The van der Waals surface area contributed by atoms with Crippen LogP contribution >= 0.6 is 0 Å². The fourth-order valence-corrected chi connectivity index (χ4v) is 0.702. The second-order valence-electron chi connectivity index (χ2n) is 2.23. The summed E-state index contributed by atoms with van der Waals surface area (Å²) in [6.07, 6.45) is 0. The number of ether oxygens (including phenoxy) is 1. The quantitative estimate of drug-likeness (QED) is 0.452. The number of hydrogen-bond acceptors (Lipinski definition) is 3. The lowest BCUT2D eigenvalue weighted by Crippen LogP contribution is -2.66. The van der Waals surface area contributed by atoms with Crippen molar-refractivity contribution in [2.75, 3.05) is 20.3 Å². The summed E-state index contributed by atoms with van der Waals surface area (Å²) in [6.45, 7) is 0.680. The van der Waals surface area contributed by atoms with Crippen LogP contribution in [0.5, 0.6) is 0 Å². The van der Waals surface area contributed by atoms with E-state index in [0.29, 0.717) is 13.2 Å². The van der Waals surface area contributed by atoms with Crippen LogP contribution in [-0.4, -0.2) is 31.7 Å². The van der Waals surface area contributed by atoms with Crippen molar-refractivity contribution in [3.8, 4) is 0 Å². The molecule has 1 rings (SSSR count). The number of likely N-dealkylation sites (N-methyl/N-ethyl adjacent to an activating group) is 1. The summed E-state index contributed by atoms with van der Waals surface area (Å²) in [5.74, 6) is -0.145. The normalized spacial score (nSPS) is 22.4. The molecule has 0 aromatic heterocycles. The second-order valence-corrected chi connectivity index (χ2v) is 2.23. The minimum Gasteiger partial charge on any atom is -0.376 e. The third kappa shape index (κ3) is 0.906. The maximum atomic E-state index is 10.8. The fourth-order valence-electron chi connectivity index (χ4n) is 0.702. The lowest BCUT2D eigenvalue weighted by atomic mass is 9.98. The number of amides is 1. The molecule has 0 aromatic rings. The van der Waals surface area contributed by atoms with Crippen molar-refractivity contribution in [3.63, 3.8) is 0 Å². The second kappa shape index (κ2) is 1.97. The van der Waals surface area contributed by atoms with E-state index < -0.39 is 5.54 Å². The average molecular weight is 130 g/mol. The zero-order valence-electron chi connectivity index (χ0n) is 5.31. The molecule has 0 radical (unpaired) electrons. The van der Waals surface area contributed by atoms with Crippen molar-refractivity contribution >= 4 is 5.91 Å². The first-order valence-corrected chi connectivity index (χ1v) is 2.78. The number of carbonyl (C=O) groups excluding carboxylic acids is 1. The van der Waals surface area contributed by atoms with Crippen molar-refractivity contribution in [2.45, 2.75) is 5.54 Å². The van der Waals surface area contributed by atoms with Crippen LogP contribution in [0, 0.1) is 0 Å². The zero-order chi connectivity index (χ0) is 6.91. The minimum atomic E-state index is -0.741. The topological polar surface area (TPSA) is 64.4 Å². The molecule has 1 amide bonds. The fraction of sp³-hybridized carbons (Fsp3) is 0.800. The Hall–Kier alpha value is -0.610. The van der Waals surface area contributed by atoms with Gasteiger partial charge in [-0.1, -0.05) is 0 Å². The zero-order valence-corrected chi connectivity index (χ0v) is 5.31. The van der Waals surface area contributed by atoms with Crippen LogP contribution < -0.4 is 11.1 Å². The van der Waals surface area contributed by atoms with Crippen LogP contribution in [0.25, 0.3) is 0 Å². The molecule has 0 spiro atoms. The summed E-state index contributed by atoms with van der Waals surface area (Å²) in [6, 6.07) is 0. The molecule has 0 saturated carbocycles. The van der Waals surface area contributed by atoms with Gasteiger partial charge in [0.1, 0.15) is 5.54 Å². The molecule has 1 fully saturated rings. The Bertz CT molecular complexity index is 131. The molecule has 4 nitrogen and oxygen atoms in total. The third-order valence-electron chi connectivity index (χ3n) is 1.40. The molecular weight excluding hydrogens is 120 g/mol. The van der Waals surface area contributed by atoms with Gasteiger partial charge in [-0.2, -0.15) is 0 Å². The van der Waals surface area contributed by atoms with Crippen molar-refractivity contribution in [2.24, 2.45) is 5.73 Å². The maximum Gasteiger partial charge on any atom is 0.244 e. The van der Waals surface area contributed by atoms with Crippen molar-refractivity contribution in [1.29, 1.82) is 0 Å². The molecule has 1 heterocycles. The van der Waals surface area contributed by atoms with E-state index in [2.05, 4.69) is 5.32 Å². The first-order chi connectivity index (χ1) is 4.19. The smallest absolute Gasteiger partial charge is 0.244 e. The van der Waals surface area contributed by atoms with Gasteiger partial charge in [-0.15, -0.1) is 0 Å². The molecule has 52 valence electrons. The molecule has 0 aliphatic carbocycles. The lowest BCUT2D eigenvalue weighted by Gasteiger charge is -2.35. The van der Waals surface area contributed by atoms with E-state index in [1.165, 1.54) is 0 Å². The van der Waals surface area contributed by atoms with Crippen LogP contribution in [0.2, 0.25) is 0 Å². The number of nitrogens with two attached hydrogens (primary N) is 1. The summed E-state index contributed by atoms with van der Waals surface area (Å²) in [4.78, 5) is 10.8. The highest BCUT2D eigenvalue weighted by molar-refractivity contribution is 5.86. The van der Waals surface area contributed by atoms with Crippen molar-refractivity contribution < 1.29 is 9.53 Å². The molecule has 0 aromatic carbocycles. The Morgan fingerprint density at radius 2 is 2.33 bits per heavy atom. The number of rotatable bonds is 1. The first kappa shape index (κ1) is 6.51. The molecule has 0 atom stereocenters. The van der Waals surface area contributed by atoms with Gasteiger partial charge in [0.25, 0.3) is 0 Å². The van der Waals surface area contributed by atoms with Crippen LogP contribution in [-0.2, 0) is 9.53 Å². The number of hydrogen-bond donors (Lipinski definition) is 2. The van der Waals surface area contributed by atoms with E-state index in [4.69, 9.17) is 10.5 Å². The predicted molar refractivity (Wildman–Crippen MR) is 31.8 cm³/mol. The highest BCUT2D eigenvalue weighted by Crippen LogP contribution is 2.12. The van der Waals surface area contributed by atoms with E-state index in [-0.39, 0.29) is 5.91 Å². The molecule has 4 heteroatoms. The first-order valence-electron chi connectivity index (χ1n) is 2.78. The Morgan fingerprint density at radius 3 is 2.44 bits per heavy atom. The molecule has 3 N–H and O–H groups in total. The van der Waals surface area contributed by atoms with E-state index in [1.807, 2.05) is 0 Å². The highest BCUT2D eigenvalue weighted by atomic mass is 16.5. The number of carbonyl (C=O) groups is 1. The van der Waals surface area contributed by atoms with E-state index in [1.54, 1.807) is 7.05 Å². The molecule has 9 heavy (non-hydrogen) atoms. The molecule has 1 saturated heterocycles. The Kier molecular flexibility index (Phi) is 1.42. The van der Waals surface area contributed by atoms with E-state index in [0.717, 1.165) is 0 Å². The van der Waals surface area contributed by atoms with Gasteiger partial charge in [-0.05, 0) is 0 Å². The SMILES string of the molecule is CNC(=O)C1(N)COC1. The third-order valence-corrected chi connectivity index (χ3v) is 1.40. The van der Waals surface area contributed by atoms with E-state index in [9.17, 15) is 4.79 Å².